The average Bonchev–Trinajstić information content (AvgIpc) is 2.95. The highest BCUT2D eigenvalue weighted by molar-refractivity contribution is 5.97. The Kier molecular flexibility index (Phi) is 4.52. The fourth-order valence-corrected chi connectivity index (χ4v) is 2.96. The van der Waals surface area contributed by atoms with Gasteiger partial charge in [0, 0.05) is 30.4 Å². The van der Waals surface area contributed by atoms with Crippen molar-refractivity contribution >= 4 is 11.9 Å². The lowest BCUT2D eigenvalue weighted by Gasteiger charge is -2.58. The summed E-state index contributed by atoms with van der Waals surface area (Å²) in [6, 6.07) is 1.54. The number of ether oxygens (including phenoxy) is 1. The van der Waals surface area contributed by atoms with E-state index >= 15 is 0 Å². The maximum absolute atomic E-state index is 12.4. The van der Waals surface area contributed by atoms with Crippen molar-refractivity contribution in [3.63, 3.8) is 0 Å². The summed E-state index contributed by atoms with van der Waals surface area (Å²) in [5.74, 6) is -0.940. The second kappa shape index (κ2) is 5.96. The van der Waals surface area contributed by atoms with Crippen LogP contribution >= 0.6 is 0 Å². The second-order valence-corrected chi connectivity index (χ2v) is 6.80. The number of carbonyl (C=O) groups excluding carboxylic acids is 1. The number of amides is 1. The summed E-state index contributed by atoms with van der Waals surface area (Å²) in [4.78, 5) is 24.2. The molecule has 23 heavy (non-hydrogen) atoms. The molecule has 128 valence electrons. The Bertz CT molecular complexity index is 607. The van der Waals surface area contributed by atoms with Crippen LogP contribution in [0.3, 0.4) is 0 Å². The molecule has 2 N–H and O–H groups in total. The minimum absolute atomic E-state index is 0.0879. The zero-order valence-corrected chi connectivity index (χ0v) is 14.2. The van der Waals surface area contributed by atoms with E-state index in [0.29, 0.717) is 12.4 Å². The molecule has 1 aromatic rings. The Balaban J connectivity index is 2.20. The van der Waals surface area contributed by atoms with Gasteiger partial charge in [0.05, 0.1) is 6.10 Å². The van der Waals surface area contributed by atoms with Gasteiger partial charge in [-0.25, -0.2) is 4.79 Å². The first-order valence-corrected chi connectivity index (χ1v) is 7.79. The molecule has 1 saturated carbocycles. The molecule has 0 spiro atoms. The molecule has 1 aliphatic rings. The van der Waals surface area contributed by atoms with Crippen molar-refractivity contribution < 1.29 is 24.0 Å². The summed E-state index contributed by atoms with van der Waals surface area (Å²) >= 11 is 0. The number of carboxylic acids is 1. The zero-order valence-electron chi connectivity index (χ0n) is 14.2. The van der Waals surface area contributed by atoms with Crippen LogP contribution in [0.15, 0.2) is 10.6 Å². The third-order valence-electron chi connectivity index (χ3n) is 4.79. The molecule has 1 aromatic heterocycles. The lowest BCUT2D eigenvalue weighted by Crippen LogP contribution is -2.76. The van der Waals surface area contributed by atoms with Gasteiger partial charge in [-0.15, -0.1) is 0 Å². The molecule has 2 rings (SSSR count). The summed E-state index contributed by atoms with van der Waals surface area (Å²) in [5.41, 5.74) is -2.01. The third kappa shape index (κ3) is 2.73. The standard InChI is InChI=1S/C16H24N2O5/c1-6-22-12-8-16(14(20)21,15(12,4)5)17-13(19)10-7-11(9(2)3)23-18-10/h7,9,12H,6,8H2,1-5H3,(H,17,19)(H,20,21). The number of rotatable bonds is 6. The predicted octanol–water partition coefficient (Wildman–Crippen LogP) is 2.19. The predicted molar refractivity (Wildman–Crippen MR) is 82.2 cm³/mol. The van der Waals surface area contributed by atoms with E-state index in [1.807, 2.05) is 20.8 Å². The molecule has 2 unspecified atom stereocenters. The summed E-state index contributed by atoms with van der Waals surface area (Å²) in [6.07, 6.45) is 0.0107. The van der Waals surface area contributed by atoms with Crippen molar-refractivity contribution in [3.05, 3.63) is 17.5 Å². The Morgan fingerprint density at radius 3 is 2.61 bits per heavy atom. The fourth-order valence-electron chi connectivity index (χ4n) is 2.96. The highest BCUT2D eigenvalue weighted by Crippen LogP contribution is 2.51. The molecule has 0 aromatic carbocycles. The fraction of sp³-hybridized carbons (Fsp3) is 0.688. The quantitative estimate of drug-likeness (QED) is 0.831. The van der Waals surface area contributed by atoms with Gasteiger partial charge in [0.25, 0.3) is 5.91 Å². The molecule has 1 amide bonds. The first-order valence-electron chi connectivity index (χ1n) is 7.79. The van der Waals surface area contributed by atoms with Crippen LogP contribution in [0.4, 0.5) is 0 Å². The van der Waals surface area contributed by atoms with E-state index in [0.717, 1.165) is 0 Å². The van der Waals surface area contributed by atoms with Crippen LogP contribution in [-0.2, 0) is 9.53 Å². The molecule has 7 heteroatoms. The Morgan fingerprint density at radius 2 is 2.17 bits per heavy atom. The molecule has 2 atom stereocenters. The van der Waals surface area contributed by atoms with Gasteiger partial charge in [0.2, 0.25) is 0 Å². The van der Waals surface area contributed by atoms with Crippen molar-refractivity contribution in [2.45, 2.75) is 58.6 Å². The van der Waals surface area contributed by atoms with Gasteiger partial charge in [-0.05, 0) is 6.92 Å². The molecule has 0 aliphatic heterocycles. The van der Waals surface area contributed by atoms with Crippen LogP contribution < -0.4 is 5.32 Å². The molecule has 0 saturated heterocycles. The van der Waals surface area contributed by atoms with Gasteiger partial charge in [-0.2, -0.15) is 0 Å². The van der Waals surface area contributed by atoms with Crippen molar-refractivity contribution in [1.29, 1.82) is 0 Å². The largest absolute Gasteiger partial charge is 0.479 e. The number of hydrogen-bond donors (Lipinski definition) is 2. The minimum Gasteiger partial charge on any atom is -0.479 e. The molecule has 1 aliphatic carbocycles. The van der Waals surface area contributed by atoms with Gasteiger partial charge in [-0.1, -0.05) is 32.9 Å². The monoisotopic (exact) mass is 324 g/mol. The molecule has 0 bridgehead atoms. The van der Waals surface area contributed by atoms with Crippen molar-refractivity contribution in [3.8, 4) is 0 Å². The number of nitrogens with zero attached hydrogens (tertiary/aromatic N) is 1. The van der Waals surface area contributed by atoms with E-state index in [2.05, 4.69) is 10.5 Å². The number of aromatic nitrogens is 1. The third-order valence-corrected chi connectivity index (χ3v) is 4.79. The number of hydrogen-bond acceptors (Lipinski definition) is 5. The highest BCUT2D eigenvalue weighted by atomic mass is 16.5. The Labute approximate surface area is 135 Å². The van der Waals surface area contributed by atoms with E-state index in [1.165, 1.54) is 0 Å². The zero-order chi connectivity index (χ0) is 17.4. The van der Waals surface area contributed by atoms with E-state index in [1.54, 1.807) is 19.9 Å². The van der Waals surface area contributed by atoms with Crippen LogP contribution in [0, 0.1) is 5.41 Å². The normalized spacial score (nSPS) is 25.9. The number of aliphatic carboxylic acids is 1. The Hall–Kier alpha value is -1.89. The molecule has 1 fully saturated rings. The van der Waals surface area contributed by atoms with Crippen molar-refractivity contribution in [2.75, 3.05) is 6.61 Å². The molecule has 0 radical (unpaired) electrons. The lowest BCUT2D eigenvalue weighted by atomic mass is 9.54. The summed E-state index contributed by atoms with van der Waals surface area (Å²) < 4.78 is 10.7. The molecular formula is C16H24N2O5. The van der Waals surface area contributed by atoms with E-state index < -0.39 is 22.8 Å². The Morgan fingerprint density at radius 1 is 1.52 bits per heavy atom. The first kappa shape index (κ1) is 17.5. The summed E-state index contributed by atoms with van der Waals surface area (Å²) in [6.45, 7) is 9.77. The maximum atomic E-state index is 12.4. The van der Waals surface area contributed by atoms with E-state index in [-0.39, 0.29) is 24.1 Å². The smallest absolute Gasteiger partial charge is 0.330 e. The molecular weight excluding hydrogens is 300 g/mol. The van der Waals surface area contributed by atoms with Gasteiger partial charge in [0.15, 0.2) is 5.69 Å². The lowest BCUT2D eigenvalue weighted by molar-refractivity contribution is -0.190. The van der Waals surface area contributed by atoms with Crippen LogP contribution in [0.2, 0.25) is 0 Å². The van der Waals surface area contributed by atoms with Crippen LogP contribution in [0.1, 0.15) is 63.2 Å². The molecule has 1 heterocycles. The van der Waals surface area contributed by atoms with Crippen LogP contribution in [0.25, 0.3) is 0 Å². The van der Waals surface area contributed by atoms with Crippen molar-refractivity contribution in [2.24, 2.45) is 5.41 Å². The van der Waals surface area contributed by atoms with Gasteiger partial charge >= 0.3 is 5.97 Å². The summed E-state index contributed by atoms with van der Waals surface area (Å²) in [5, 5.41) is 16.0. The van der Waals surface area contributed by atoms with E-state index in [9.17, 15) is 14.7 Å². The van der Waals surface area contributed by atoms with Gasteiger partial charge < -0.3 is 19.7 Å². The van der Waals surface area contributed by atoms with Crippen LogP contribution in [0.5, 0.6) is 0 Å². The second-order valence-electron chi connectivity index (χ2n) is 6.80. The highest BCUT2D eigenvalue weighted by Gasteiger charge is 2.66. The maximum Gasteiger partial charge on any atom is 0.330 e. The van der Waals surface area contributed by atoms with Crippen LogP contribution in [-0.4, -0.2) is 40.4 Å². The topological polar surface area (TPSA) is 102 Å². The number of carbonyl (C=O) groups is 2. The SMILES string of the molecule is CCOC1CC(NC(=O)c2cc(C(C)C)on2)(C(=O)O)C1(C)C. The molecule has 7 nitrogen and oxygen atoms in total. The number of nitrogens with one attached hydrogen (secondary N) is 1. The van der Waals surface area contributed by atoms with Gasteiger partial charge in [-0.3, -0.25) is 4.79 Å². The first-order chi connectivity index (χ1) is 10.7. The van der Waals surface area contributed by atoms with Gasteiger partial charge in [0.1, 0.15) is 11.3 Å². The summed E-state index contributed by atoms with van der Waals surface area (Å²) in [7, 11) is 0. The number of carboxylic acid groups (broad SMARTS) is 1. The minimum atomic E-state index is -1.37. The average molecular weight is 324 g/mol. The van der Waals surface area contributed by atoms with Crippen molar-refractivity contribution in [1.82, 2.24) is 10.5 Å². The van der Waals surface area contributed by atoms with E-state index in [4.69, 9.17) is 9.26 Å².